The second kappa shape index (κ2) is 3.93. The molecule has 0 amide bonds. The number of halogens is 1. The van der Waals surface area contributed by atoms with Crippen molar-refractivity contribution in [3.05, 3.63) is 24.3 Å². The molecule has 1 saturated carbocycles. The topological polar surface area (TPSA) is 46.2 Å². The number of anilines is 1. The Labute approximate surface area is 101 Å². The average molecular weight is 260 g/mol. The molecule has 1 fully saturated rings. The number of hydrogen-bond acceptors (Lipinski definition) is 3. The van der Waals surface area contributed by atoms with Gasteiger partial charge in [-0.25, -0.2) is 8.42 Å². The molecule has 88 valence electrons. The molecular formula is C11H14ClNO2S. The first-order chi connectivity index (χ1) is 7.47. The monoisotopic (exact) mass is 259 g/mol. The van der Waals surface area contributed by atoms with Crippen LogP contribution in [0.1, 0.15) is 12.8 Å². The normalized spacial score (nSPS) is 18.1. The summed E-state index contributed by atoms with van der Waals surface area (Å²) in [5, 5.41) is 3.24. The fraction of sp³-hybridized carbons (Fsp3) is 0.455. The zero-order valence-corrected chi connectivity index (χ0v) is 10.6. The van der Waals surface area contributed by atoms with Gasteiger partial charge < -0.3 is 5.32 Å². The highest BCUT2D eigenvalue weighted by atomic mass is 35.5. The lowest BCUT2D eigenvalue weighted by Gasteiger charge is -2.17. The first-order valence-corrected chi connectivity index (χ1v) is 7.53. The molecule has 0 spiro atoms. The smallest absolute Gasteiger partial charge is 0.177 e. The van der Waals surface area contributed by atoms with E-state index in [0.29, 0.717) is 16.5 Å². The second-order valence-corrected chi connectivity index (χ2v) is 6.56. The molecule has 0 radical (unpaired) electrons. The Morgan fingerprint density at radius 1 is 1.38 bits per heavy atom. The van der Waals surface area contributed by atoms with Gasteiger partial charge in [0, 0.05) is 12.1 Å². The molecule has 3 nitrogen and oxygen atoms in total. The molecule has 5 heteroatoms. The summed E-state index contributed by atoms with van der Waals surface area (Å²) in [7, 11) is -3.19. The largest absolute Gasteiger partial charge is 0.377 e. The minimum Gasteiger partial charge on any atom is -0.377 e. The standard InChI is InChI=1S/C11H14ClNO2S/c1-16(14,15)10-5-3-2-4-9(10)13-11(8-12)6-7-11/h2-5,13H,6-8H2,1H3. The summed E-state index contributed by atoms with van der Waals surface area (Å²) >= 11 is 5.86. The van der Waals surface area contributed by atoms with Gasteiger partial charge in [-0.1, -0.05) is 12.1 Å². The SMILES string of the molecule is CS(=O)(=O)c1ccccc1NC1(CCl)CC1. The molecule has 2 rings (SSSR count). The van der Waals surface area contributed by atoms with E-state index in [1.807, 2.05) is 6.07 Å². The van der Waals surface area contributed by atoms with Crippen molar-refractivity contribution in [2.75, 3.05) is 17.5 Å². The molecular weight excluding hydrogens is 246 g/mol. The van der Waals surface area contributed by atoms with Gasteiger partial charge in [-0.2, -0.15) is 0 Å². The molecule has 0 bridgehead atoms. The van der Waals surface area contributed by atoms with Crippen LogP contribution in [0.2, 0.25) is 0 Å². The van der Waals surface area contributed by atoms with Crippen molar-refractivity contribution >= 4 is 27.1 Å². The van der Waals surface area contributed by atoms with E-state index in [2.05, 4.69) is 5.32 Å². The molecule has 1 aromatic rings. The zero-order valence-electron chi connectivity index (χ0n) is 9.03. The first-order valence-electron chi connectivity index (χ1n) is 5.10. The number of nitrogens with one attached hydrogen (secondary N) is 1. The van der Waals surface area contributed by atoms with E-state index in [-0.39, 0.29) is 5.54 Å². The summed E-state index contributed by atoms with van der Waals surface area (Å²) in [5.74, 6) is 0.505. The lowest BCUT2D eigenvalue weighted by molar-refractivity contribution is 0.602. The van der Waals surface area contributed by atoms with Gasteiger partial charge in [-0.3, -0.25) is 0 Å². The van der Waals surface area contributed by atoms with E-state index in [1.165, 1.54) is 6.26 Å². The Morgan fingerprint density at radius 3 is 2.50 bits per heavy atom. The van der Waals surface area contributed by atoms with Crippen LogP contribution in [0.15, 0.2) is 29.2 Å². The Balaban J connectivity index is 2.34. The second-order valence-electron chi connectivity index (χ2n) is 4.31. The van der Waals surface area contributed by atoms with Crippen molar-refractivity contribution in [3.63, 3.8) is 0 Å². The molecule has 1 aliphatic rings. The van der Waals surface area contributed by atoms with E-state index in [1.54, 1.807) is 18.2 Å². The van der Waals surface area contributed by atoms with Crippen LogP contribution in [0.5, 0.6) is 0 Å². The van der Waals surface area contributed by atoms with Gasteiger partial charge in [-0.05, 0) is 25.0 Å². The summed E-state index contributed by atoms with van der Waals surface area (Å²) in [6.45, 7) is 0. The highest BCUT2D eigenvalue weighted by Gasteiger charge is 2.42. The van der Waals surface area contributed by atoms with Crippen LogP contribution >= 0.6 is 11.6 Å². The van der Waals surface area contributed by atoms with Gasteiger partial charge in [0.2, 0.25) is 0 Å². The lowest BCUT2D eigenvalue weighted by Crippen LogP contribution is -2.24. The van der Waals surface area contributed by atoms with Crippen LogP contribution in [0.25, 0.3) is 0 Å². The number of sulfone groups is 1. The fourth-order valence-electron chi connectivity index (χ4n) is 1.62. The maximum atomic E-state index is 11.6. The van der Waals surface area contributed by atoms with Crippen molar-refractivity contribution in [3.8, 4) is 0 Å². The van der Waals surface area contributed by atoms with Crippen LogP contribution in [-0.4, -0.2) is 26.1 Å². The highest BCUT2D eigenvalue weighted by molar-refractivity contribution is 7.90. The van der Waals surface area contributed by atoms with Crippen molar-refractivity contribution in [2.45, 2.75) is 23.3 Å². The molecule has 0 unspecified atom stereocenters. The average Bonchev–Trinajstić information content (AvgIpc) is 2.98. The number of benzene rings is 1. The minimum atomic E-state index is -3.19. The van der Waals surface area contributed by atoms with E-state index in [4.69, 9.17) is 11.6 Å². The van der Waals surface area contributed by atoms with Gasteiger partial charge in [0.15, 0.2) is 9.84 Å². The van der Waals surface area contributed by atoms with Crippen molar-refractivity contribution in [2.24, 2.45) is 0 Å². The summed E-state index contributed by atoms with van der Waals surface area (Å²) in [4.78, 5) is 0.339. The summed E-state index contributed by atoms with van der Waals surface area (Å²) in [6.07, 6.45) is 3.21. The summed E-state index contributed by atoms with van der Waals surface area (Å²) < 4.78 is 23.2. The third-order valence-corrected chi connectivity index (χ3v) is 4.46. The summed E-state index contributed by atoms with van der Waals surface area (Å²) in [6, 6.07) is 6.94. The quantitative estimate of drug-likeness (QED) is 0.844. The van der Waals surface area contributed by atoms with Gasteiger partial charge in [-0.15, -0.1) is 11.6 Å². The lowest BCUT2D eigenvalue weighted by atomic mass is 10.2. The Hall–Kier alpha value is -0.740. The molecule has 1 N–H and O–H groups in total. The maximum Gasteiger partial charge on any atom is 0.177 e. The molecule has 1 aliphatic carbocycles. The molecule has 0 heterocycles. The van der Waals surface area contributed by atoms with E-state index >= 15 is 0 Å². The molecule has 16 heavy (non-hydrogen) atoms. The molecule has 0 aliphatic heterocycles. The number of hydrogen-bond donors (Lipinski definition) is 1. The van der Waals surface area contributed by atoms with Crippen molar-refractivity contribution < 1.29 is 8.42 Å². The fourth-order valence-corrected chi connectivity index (χ4v) is 2.80. The van der Waals surface area contributed by atoms with Gasteiger partial charge in [0.05, 0.1) is 16.1 Å². The predicted octanol–water partition coefficient (Wildman–Crippen LogP) is 2.27. The van der Waals surface area contributed by atoms with Gasteiger partial charge >= 0.3 is 0 Å². The van der Waals surface area contributed by atoms with E-state index in [0.717, 1.165) is 12.8 Å². The molecule has 1 aromatic carbocycles. The first kappa shape index (κ1) is 11.7. The van der Waals surface area contributed by atoms with Crippen molar-refractivity contribution in [1.29, 1.82) is 0 Å². The van der Waals surface area contributed by atoms with Crippen molar-refractivity contribution in [1.82, 2.24) is 0 Å². The molecule has 0 atom stereocenters. The third-order valence-electron chi connectivity index (χ3n) is 2.80. The van der Waals surface area contributed by atoms with E-state index < -0.39 is 9.84 Å². The van der Waals surface area contributed by atoms with Crippen LogP contribution in [0, 0.1) is 0 Å². The van der Waals surface area contributed by atoms with Crippen LogP contribution in [0.4, 0.5) is 5.69 Å². The minimum absolute atomic E-state index is 0.0949. The van der Waals surface area contributed by atoms with E-state index in [9.17, 15) is 8.42 Å². The highest BCUT2D eigenvalue weighted by Crippen LogP contribution is 2.41. The molecule has 0 aromatic heterocycles. The maximum absolute atomic E-state index is 11.6. The van der Waals surface area contributed by atoms with Gasteiger partial charge in [0.25, 0.3) is 0 Å². The Morgan fingerprint density at radius 2 is 2.00 bits per heavy atom. The number of alkyl halides is 1. The van der Waals surface area contributed by atoms with Crippen LogP contribution in [-0.2, 0) is 9.84 Å². The van der Waals surface area contributed by atoms with Gasteiger partial charge in [0.1, 0.15) is 0 Å². The Bertz CT molecular complexity index is 494. The number of para-hydroxylation sites is 1. The molecule has 0 saturated heterocycles. The third kappa shape index (κ3) is 2.33. The van der Waals surface area contributed by atoms with Crippen LogP contribution < -0.4 is 5.32 Å². The predicted molar refractivity (Wildman–Crippen MR) is 65.9 cm³/mol. The summed E-state index contributed by atoms with van der Waals surface area (Å²) in [5.41, 5.74) is 0.561. The Kier molecular flexibility index (Phi) is 2.88. The zero-order chi connectivity index (χ0) is 11.8. The van der Waals surface area contributed by atoms with Crippen LogP contribution in [0.3, 0.4) is 0 Å². The number of rotatable bonds is 4.